The smallest absolute Gasteiger partial charge is 0.283 e. The van der Waals surface area contributed by atoms with Gasteiger partial charge in [0.2, 0.25) is 0 Å². The van der Waals surface area contributed by atoms with Crippen molar-refractivity contribution in [2.45, 2.75) is 20.4 Å². The lowest BCUT2D eigenvalue weighted by atomic mass is 10.1. The number of hydrogen-bond donors (Lipinski definition) is 1. The summed E-state index contributed by atoms with van der Waals surface area (Å²) in [6, 6.07) is 11.3. The highest BCUT2D eigenvalue weighted by molar-refractivity contribution is 9.10. The molecule has 2 aromatic rings. The van der Waals surface area contributed by atoms with Crippen LogP contribution in [-0.4, -0.2) is 4.92 Å². The van der Waals surface area contributed by atoms with Gasteiger partial charge in [-0.15, -0.1) is 0 Å². The van der Waals surface area contributed by atoms with E-state index >= 15 is 0 Å². The maximum absolute atomic E-state index is 10.7. The highest BCUT2D eigenvalue weighted by atomic mass is 79.9. The van der Waals surface area contributed by atoms with Gasteiger partial charge in [-0.25, -0.2) is 0 Å². The topological polar surface area (TPSA) is 55.2 Å². The molecule has 0 aromatic heterocycles. The van der Waals surface area contributed by atoms with Gasteiger partial charge in [-0.05, 0) is 47.5 Å². The Balaban J connectivity index is 2.11. The van der Waals surface area contributed by atoms with Crippen LogP contribution in [-0.2, 0) is 6.54 Å². The highest BCUT2D eigenvalue weighted by Crippen LogP contribution is 2.27. The number of nitro benzene ring substituents is 1. The summed E-state index contributed by atoms with van der Waals surface area (Å²) in [6.07, 6.45) is 0. The van der Waals surface area contributed by atoms with Crippen molar-refractivity contribution >= 4 is 27.3 Å². The second-order valence-corrected chi connectivity index (χ2v) is 5.63. The van der Waals surface area contributed by atoms with Crippen molar-refractivity contribution in [3.05, 3.63) is 67.7 Å². The number of hydrogen-bond acceptors (Lipinski definition) is 3. The SMILES string of the molecule is Cc1cc(C)cc(CNc2ccc([N+](=O)[O-])c(Br)c2)c1. The van der Waals surface area contributed by atoms with E-state index in [-0.39, 0.29) is 5.69 Å². The Bertz CT molecular complexity index is 636. The molecule has 104 valence electrons. The molecule has 0 aliphatic carbocycles. The molecule has 0 unspecified atom stereocenters. The van der Waals surface area contributed by atoms with Gasteiger partial charge in [0.05, 0.1) is 9.40 Å². The molecule has 0 heterocycles. The lowest BCUT2D eigenvalue weighted by molar-refractivity contribution is -0.385. The second kappa shape index (κ2) is 6.05. The summed E-state index contributed by atoms with van der Waals surface area (Å²) in [5, 5.41) is 14.0. The Morgan fingerprint density at radius 2 is 1.80 bits per heavy atom. The van der Waals surface area contributed by atoms with Gasteiger partial charge in [-0.1, -0.05) is 29.3 Å². The van der Waals surface area contributed by atoms with E-state index in [9.17, 15) is 10.1 Å². The minimum Gasteiger partial charge on any atom is -0.381 e. The molecule has 0 saturated carbocycles. The minimum absolute atomic E-state index is 0.0713. The van der Waals surface area contributed by atoms with Crippen LogP contribution in [0.25, 0.3) is 0 Å². The van der Waals surface area contributed by atoms with Crippen molar-refractivity contribution in [1.82, 2.24) is 0 Å². The second-order valence-electron chi connectivity index (χ2n) is 4.77. The fraction of sp³-hybridized carbons (Fsp3) is 0.200. The van der Waals surface area contributed by atoms with Crippen molar-refractivity contribution < 1.29 is 4.92 Å². The van der Waals surface area contributed by atoms with E-state index in [1.165, 1.54) is 22.8 Å². The summed E-state index contributed by atoms with van der Waals surface area (Å²) in [6.45, 7) is 4.82. The van der Waals surface area contributed by atoms with Crippen LogP contribution >= 0.6 is 15.9 Å². The summed E-state index contributed by atoms with van der Waals surface area (Å²) < 4.78 is 0.480. The van der Waals surface area contributed by atoms with Crippen LogP contribution in [0.5, 0.6) is 0 Å². The quantitative estimate of drug-likeness (QED) is 0.657. The standard InChI is InChI=1S/C15H15BrN2O2/c1-10-5-11(2)7-12(6-10)9-17-13-3-4-15(18(19)20)14(16)8-13/h3-8,17H,9H2,1-2H3. The van der Waals surface area contributed by atoms with Crippen molar-refractivity contribution in [2.75, 3.05) is 5.32 Å². The van der Waals surface area contributed by atoms with E-state index in [2.05, 4.69) is 53.3 Å². The third kappa shape index (κ3) is 3.57. The Labute approximate surface area is 126 Å². The van der Waals surface area contributed by atoms with E-state index in [1.54, 1.807) is 12.1 Å². The maximum atomic E-state index is 10.7. The normalized spacial score (nSPS) is 10.3. The zero-order valence-corrected chi connectivity index (χ0v) is 12.9. The van der Waals surface area contributed by atoms with Crippen LogP contribution < -0.4 is 5.32 Å². The zero-order valence-electron chi connectivity index (χ0n) is 11.3. The summed E-state index contributed by atoms with van der Waals surface area (Å²) in [4.78, 5) is 10.3. The third-order valence-electron chi connectivity index (χ3n) is 2.92. The van der Waals surface area contributed by atoms with E-state index in [0.717, 1.165) is 5.69 Å². The molecule has 2 aromatic carbocycles. The van der Waals surface area contributed by atoms with E-state index in [4.69, 9.17) is 0 Å². The van der Waals surface area contributed by atoms with Crippen LogP contribution in [0, 0.1) is 24.0 Å². The first kappa shape index (κ1) is 14.5. The lowest BCUT2D eigenvalue weighted by Crippen LogP contribution is -2.00. The van der Waals surface area contributed by atoms with Crippen molar-refractivity contribution in [3.63, 3.8) is 0 Å². The van der Waals surface area contributed by atoms with Gasteiger partial charge in [0.25, 0.3) is 5.69 Å². The number of aryl methyl sites for hydroxylation is 2. The maximum Gasteiger partial charge on any atom is 0.283 e. The Morgan fingerprint density at radius 1 is 1.15 bits per heavy atom. The molecule has 1 N–H and O–H groups in total. The molecule has 0 bridgehead atoms. The van der Waals surface area contributed by atoms with Gasteiger partial charge in [-0.3, -0.25) is 10.1 Å². The first-order valence-electron chi connectivity index (χ1n) is 6.20. The number of benzene rings is 2. The average Bonchev–Trinajstić information content (AvgIpc) is 2.35. The van der Waals surface area contributed by atoms with E-state index in [0.29, 0.717) is 11.0 Å². The summed E-state index contributed by atoms with van der Waals surface area (Å²) in [5.74, 6) is 0. The number of rotatable bonds is 4. The molecule has 2 rings (SSSR count). The van der Waals surface area contributed by atoms with Crippen LogP contribution in [0.2, 0.25) is 0 Å². The predicted octanol–water partition coefficient (Wildman–Crippen LogP) is 4.59. The molecule has 0 saturated heterocycles. The van der Waals surface area contributed by atoms with Gasteiger partial charge in [0.1, 0.15) is 0 Å². The molecular formula is C15H15BrN2O2. The first-order valence-corrected chi connectivity index (χ1v) is 7.00. The molecule has 0 fully saturated rings. The lowest BCUT2D eigenvalue weighted by Gasteiger charge is -2.09. The van der Waals surface area contributed by atoms with Gasteiger partial charge in [0, 0.05) is 18.3 Å². The molecule has 20 heavy (non-hydrogen) atoms. The fourth-order valence-electron chi connectivity index (χ4n) is 2.14. The zero-order chi connectivity index (χ0) is 14.7. The monoisotopic (exact) mass is 334 g/mol. The predicted molar refractivity (Wildman–Crippen MR) is 84.0 cm³/mol. The van der Waals surface area contributed by atoms with Crippen molar-refractivity contribution in [1.29, 1.82) is 0 Å². The van der Waals surface area contributed by atoms with Crippen LogP contribution in [0.3, 0.4) is 0 Å². The molecule has 0 radical (unpaired) electrons. The largest absolute Gasteiger partial charge is 0.381 e. The van der Waals surface area contributed by atoms with Crippen molar-refractivity contribution in [3.8, 4) is 0 Å². The number of nitrogens with one attached hydrogen (secondary N) is 1. The summed E-state index contributed by atoms with van der Waals surface area (Å²) in [5.41, 5.74) is 4.57. The van der Waals surface area contributed by atoms with Crippen molar-refractivity contribution in [2.24, 2.45) is 0 Å². The Kier molecular flexibility index (Phi) is 4.39. The number of nitrogens with zero attached hydrogens (tertiary/aromatic N) is 1. The van der Waals surface area contributed by atoms with Crippen LogP contribution in [0.1, 0.15) is 16.7 Å². The Hall–Kier alpha value is -1.88. The van der Waals surface area contributed by atoms with E-state index in [1.807, 2.05) is 0 Å². The Morgan fingerprint density at radius 3 is 2.35 bits per heavy atom. The molecule has 5 heteroatoms. The average molecular weight is 335 g/mol. The van der Waals surface area contributed by atoms with Gasteiger partial charge in [0.15, 0.2) is 0 Å². The minimum atomic E-state index is -0.405. The fourth-order valence-corrected chi connectivity index (χ4v) is 2.66. The highest BCUT2D eigenvalue weighted by Gasteiger charge is 2.11. The van der Waals surface area contributed by atoms with E-state index < -0.39 is 4.92 Å². The molecule has 4 nitrogen and oxygen atoms in total. The van der Waals surface area contributed by atoms with Crippen LogP contribution in [0.15, 0.2) is 40.9 Å². The number of nitro groups is 1. The number of anilines is 1. The molecule has 0 spiro atoms. The molecule has 0 aliphatic heterocycles. The molecular weight excluding hydrogens is 320 g/mol. The van der Waals surface area contributed by atoms with Gasteiger partial charge < -0.3 is 5.32 Å². The summed E-state index contributed by atoms with van der Waals surface area (Å²) in [7, 11) is 0. The first-order chi connectivity index (χ1) is 9.45. The van der Waals surface area contributed by atoms with Crippen LogP contribution in [0.4, 0.5) is 11.4 Å². The van der Waals surface area contributed by atoms with Gasteiger partial charge >= 0.3 is 0 Å². The molecule has 0 aliphatic rings. The number of halogens is 1. The molecule has 0 atom stereocenters. The van der Waals surface area contributed by atoms with Gasteiger partial charge in [-0.2, -0.15) is 0 Å². The third-order valence-corrected chi connectivity index (χ3v) is 3.56. The summed E-state index contributed by atoms with van der Waals surface area (Å²) >= 11 is 3.22. The molecule has 0 amide bonds.